The molecule has 0 atom stereocenters. The third-order valence-electron chi connectivity index (χ3n) is 12.5. The van der Waals surface area contributed by atoms with Crippen LogP contribution < -0.4 is 0 Å². The maximum atomic E-state index is 5.34. The van der Waals surface area contributed by atoms with Crippen LogP contribution in [0.3, 0.4) is 0 Å². The summed E-state index contributed by atoms with van der Waals surface area (Å²) in [5.74, 6) is 1.89. The first-order valence-corrected chi connectivity index (χ1v) is 21.0. The lowest BCUT2D eigenvalue weighted by Gasteiger charge is -2.18. The maximum absolute atomic E-state index is 5.34. The number of fused-ring (bicyclic) bond motifs is 12. The van der Waals surface area contributed by atoms with Gasteiger partial charge in [0.25, 0.3) is 0 Å². The summed E-state index contributed by atoms with van der Waals surface area (Å²) in [5, 5.41) is 11.9. The second-order valence-corrected chi connectivity index (χ2v) is 16.0. The van der Waals surface area contributed by atoms with Crippen LogP contribution in [0, 0.1) is 0 Å². The Morgan fingerprint density at radius 1 is 0.258 bits per heavy atom. The number of nitrogens with zero attached hydrogens (tertiary/aromatic N) is 5. The Hall–Kier alpha value is -8.41. The molecule has 0 saturated heterocycles. The van der Waals surface area contributed by atoms with Gasteiger partial charge in [-0.05, 0) is 75.5 Å². The molecule has 0 aliphatic carbocycles. The van der Waals surface area contributed by atoms with Crippen LogP contribution in [-0.2, 0) is 0 Å². The third kappa shape index (κ3) is 5.18. The molecule has 62 heavy (non-hydrogen) atoms. The lowest BCUT2D eigenvalue weighted by atomic mass is 9.91. The number of hydrogen-bond acceptors (Lipinski definition) is 3. The summed E-state index contributed by atoms with van der Waals surface area (Å²) in [4.78, 5) is 15.8. The van der Waals surface area contributed by atoms with Crippen LogP contribution in [0.4, 0.5) is 0 Å². The van der Waals surface area contributed by atoms with Crippen molar-refractivity contribution in [3.05, 3.63) is 212 Å². The topological polar surface area (TPSA) is 48.5 Å². The Bertz CT molecular complexity index is 3810. The first kappa shape index (κ1) is 34.5. The average molecular weight is 790 g/mol. The van der Waals surface area contributed by atoms with Crippen LogP contribution >= 0.6 is 0 Å². The molecule has 0 spiro atoms. The zero-order valence-electron chi connectivity index (χ0n) is 33.4. The summed E-state index contributed by atoms with van der Waals surface area (Å²) in [5.41, 5.74) is 9.61. The van der Waals surface area contributed by atoms with E-state index in [1.54, 1.807) is 0 Å². The van der Waals surface area contributed by atoms with Crippen molar-refractivity contribution in [1.29, 1.82) is 0 Å². The minimum Gasteiger partial charge on any atom is -0.309 e. The predicted octanol–water partition coefficient (Wildman–Crippen LogP) is 14.5. The van der Waals surface area contributed by atoms with E-state index in [0.29, 0.717) is 17.5 Å². The zero-order valence-corrected chi connectivity index (χ0v) is 33.4. The van der Waals surface area contributed by atoms with Gasteiger partial charge in [0.15, 0.2) is 17.5 Å². The standard InChI is InChI=1S/C57H35N5/c1-3-17-36(18-4-1)55-58-56(37-19-5-2-6-20-37)60-57(59-55)49-35-39(34-48-42-23-8-7-21-40(42)41-22-9-10-27-46(41)54(48)49)62-52-30-16-13-26-45(52)47-33-38(31-32-53(47)62)61-50-28-14-11-24-43(50)44-25-12-15-29-51(44)61/h1-35H. The molecule has 0 bridgehead atoms. The first-order chi connectivity index (χ1) is 30.8. The largest absolute Gasteiger partial charge is 0.309 e. The second kappa shape index (κ2) is 13.6. The minimum atomic E-state index is 0.624. The van der Waals surface area contributed by atoms with E-state index in [1.165, 1.54) is 48.7 Å². The van der Waals surface area contributed by atoms with Crippen LogP contribution in [0.1, 0.15) is 0 Å². The maximum Gasteiger partial charge on any atom is 0.164 e. The van der Waals surface area contributed by atoms with Gasteiger partial charge in [-0.1, -0.05) is 164 Å². The highest BCUT2D eigenvalue weighted by Gasteiger charge is 2.22. The Kier molecular flexibility index (Phi) is 7.54. The molecule has 0 amide bonds. The summed E-state index contributed by atoms with van der Waals surface area (Å²) < 4.78 is 4.82. The van der Waals surface area contributed by atoms with Gasteiger partial charge in [0, 0.05) is 55.0 Å². The SMILES string of the molecule is c1ccc(-c2nc(-c3ccccc3)nc(-c3cc(-n4c5ccccc5c5cc(-n6c7ccccc7c7ccccc76)ccc54)cc4c5ccccc5c5ccccc5c34)n2)cc1. The minimum absolute atomic E-state index is 0.624. The van der Waals surface area contributed by atoms with Crippen LogP contribution in [0.15, 0.2) is 212 Å². The zero-order chi connectivity index (χ0) is 40.7. The molecule has 3 heterocycles. The summed E-state index contributed by atoms with van der Waals surface area (Å²) in [7, 11) is 0. The number of hydrogen-bond donors (Lipinski definition) is 0. The van der Waals surface area contributed by atoms with Crippen molar-refractivity contribution in [2.24, 2.45) is 0 Å². The van der Waals surface area contributed by atoms with Gasteiger partial charge in [0.2, 0.25) is 0 Å². The van der Waals surface area contributed by atoms with Gasteiger partial charge in [0.05, 0.1) is 22.1 Å². The molecular weight excluding hydrogens is 755 g/mol. The van der Waals surface area contributed by atoms with Crippen molar-refractivity contribution >= 4 is 75.9 Å². The summed E-state index contributed by atoms with van der Waals surface area (Å²) in [6.45, 7) is 0. The molecule has 0 unspecified atom stereocenters. The van der Waals surface area contributed by atoms with E-state index in [4.69, 9.17) is 15.0 Å². The molecular formula is C57H35N5. The van der Waals surface area contributed by atoms with Gasteiger partial charge in [0.1, 0.15) is 0 Å². The van der Waals surface area contributed by atoms with Crippen LogP contribution in [0.2, 0.25) is 0 Å². The van der Waals surface area contributed by atoms with Crippen molar-refractivity contribution in [3.63, 3.8) is 0 Å². The summed E-state index contributed by atoms with van der Waals surface area (Å²) in [6.07, 6.45) is 0. The molecule has 10 aromatic carbocycles. The fraction of sp³-hybridized carbons (Fsp3) is 0. The van der Waals surface area contributed by atoms with Gasteiger partial charge in [-0.3, -0.25) is 0 Å². The predicted molar refractivity (Wildman–Crippen MR) is 257 cm³/mol. The highest BCUT2D eigenvalue weighted by atomic mass is 15.0. The molecule has 5 heteroatoms. The molecule has 0 fully saturated rings. The normalized spacial score (nSPS) is 11.9. The van der Waals surface area contributed by atoms with E-state index in [1.807, 2.05) is 36.4 Å². The first-order valence-electron chi connectivity index (χ1n) is 21.0. The molecule has 0 aliphatic heterocycles. The van der Waals surface area contributed by atoms with Gasteiger partial charge >= 0.3 is 0 Å². The molecule has 13 rings (SSSR count). The van der Waals surface area contributed by atoms with E-state index in [2.05, 4.69) is 185 Å². The van der Waals surface area contributed by atoms with Gasteiger partial charge in [-0.15, -0.1) is 0 Å². The van der Waals surface area contributed by atoms with Gasteiger partial charge in [-0.25, -0.2) is 15.0 Å². The van der Waals surface area contributed by atoms with Crippen LogP contribution in [0.5, 0.6) is 0 Å². The van der Waals surface area contributed by atoms with E-state index in [0.717, 1.165) is 55.3 Å². The Balaban J connectivity index is 1.14. The van der Waals surface area contributed by atoms with E-state index in [-0.39, 0.29) is 0 Å². The third-order valence-corrected chi connectivity index (χ3v) is 12.5. The fourth-order valence-electron chi connectivity index (χ4n) is 9.83. The van der Waals surface area contributed by atoms with Crippen molar-refractivity contribution in [2.75, 3.05) is 0 Å². The number of aromatic nitrogens is 5. The molecule has 0 radical (unpaired) electrons. The average Bonchev–Trinajstić information content (AvgIpc) is 3.87. The Labute approximate surface area is 356 Å². The number of benzene rings is 10. The van der Waals surface area contributed by atoms with Crippen LogP contribution in [-0.4, -0.2) is 24.1 Å². The van der Waals surface area contributed by atoms with Gasteiger partial charge in [-0.2, -0.15) is 0 Å². The quantitative estimate of drug-likeness (QED) is 0.163. The van der Waals surface area contributed by atoms with E-state index >= 15 is 0 Å². The van der Waals surface area contributed by atoms with Crippen molar-refractivity contribution in [2.45, 2.75) is 0 Å². The highest BCUT2D eigenvalue weighted by Crippen LogP contribution is 2.44. The molecule has 0 saturated carbocycles. The Morgan fingerprint density at radius 2 is 0.645 bits per heavy atom. The number of rotatable bonds is 5. The van der Waals surface area contributed by atoms with Gasteiger partial charge < -0.3 is 9.13 Å². The lowest BCUT2D eigenvalue weighted by Crippen LogP contribution is -2.02. The lowest BCUT2D eigenvalue weighted by molar-refractivity contribution is 1.07. The van der Waals surface area contributed by atoms with E-state index < -0.39 is 0 Å². The summed E-state index contributed by atoms with van der Waals surface area (Å²) in [6, 6.07) is 75.7. The van der Waals surface area contributed by atoms with Crippen LogP contribution in [0.25, 0.3) is 121 Å². The molecule has 0 N–H and O–H groups in total. The Morgan fingerprint density at radius 3 is 1.21 bits per heavy atom. The monoisotopic (exact) mass is 789 g/mol. The second-order valence-electron chi connectivity index (χ2n) is 16.0. The van der Waals surface area contributed by atoms with Crippen molar-refractivity contribution in [3.8, 4) is 45.5 Å². The molecule has 3 aromatic heterocycles. The fourth-order valence-corrected chi connectivity index (χ4v) is 9.83. The molecule has 5 nitrogen and oxygen atoms in total. The van der Waals surface area contributed by atoms with Crippen molar-refractivity contribution in [1.82, 2.24) is 24.1 Å². The summed E-state index contributed by atoms with van der Waals surface area (Å²) >= 11 is 0. The molecule has 288 valence electrons. The van der Waals surface area contributed by atoms with E-state index in [9.17, 15) is 0 Å². The smallest absolute Gasteiger partial charge is 0.164 e. The highest BCUT2D eigenvalue weighted by molar-refractivity contribution is 6.29. The molecule has 13 aromatic rings. The number of para-hydroxylation sites is 3. The van der Waals surface area contributed by atoms with Crippen molar-refractivity contribution < 1.29 is 0 Å². The molecule has 0 aliphatic rings.